The number of hydrogen-bond donors (Lipinski definition) is 1. The van der Waals surface area contributed by atoms with E-state index in [-0.39, 0.29) is 0 Å². The molecule has 0 aliphatic carbocycles. The fourth-order valence-electron chi connectivity index (χ4n) is 1.23. The fraction of sp³-hybridized carbons (Fsp3) is 0.400. The highest BCUT2D eigenvalue weighted by Crippen LogP contribution is 2.20. The van der Waals surface area contributed by atoms with Crippen LogP contribution in [0.4, 0.5) is 0 Å². The molecule has 0 aliphatic rings. The third-order valence-electron chi connectivity index (χ3n) is 1.74. The van der Waals surface area contributed by atoms with Gasteiger partial charge in [0.25, 0.3) is 0 Å². The third-order valence-corrected chi connectivity index (χ3v) is 1.85. The zero-order valence-corrected chi connectivity index (χ0v) is 8.44. The standard InChI is InChI=1S/C10H14ClN/c1-7(2)10-9(4-5-12-10)6-8(3)11/h4-7,12H,1-3H3/b8-6+. The molecule has 1 aromatic rings. The Morgan fingerprint density at radius 2 is 2.25 bits per heavy atom. The molecule has 1 aromatic heterocycles. The van der Waals surface area contributed by atoms with E-state index in [4.69, 9.17) is 11.6 Å². The third kappa shape index (κ3) is 2.15. The van der Waals surface area contributed by atoms with Crippen molar-refractivity contribution < 1.29 is 0 Å². The highest BCUT2D eigenvalue weighted by Gasteiger charge is 2.04. The van der Waals surface area contributed by atoms with Gasteiger partial charge in [0.15, 0.2) is 0 Å². The lowest BCUT2D eigenvalue weighted by Gasteiger charge is -2.03. The van der Waals surface area contributed by atoms with Gasteiger partial charge in [0.2, 0.25) is 0 Å². The summed E-state index contributed by atoms with van der Waals surface area (Å²) in [5.41, 5.74) is 2.44. The maximum Gasteiger partial charge on any atom is 0.0247 e. The second-order valence-corrected chi connectivity index (χ2v) is 3.83. The molecule has 1 N–H and O–H groups in total. The summed E-state index contributed by atoms with van der Waals surface area (Å²) in [6.07, 6.45) is 3.92. The van der Waals surface area contributed by atoms with Crippen LogP contribution in [-0.2, 0) is 0 Å². The summed E-state index contributed by atoms with van der Waals surface area (Å²) in [6, 6.07) is 2.04. The maximum absolute atomic E-state index is 5.79. The number of rotatable bonds is 2. The van der Waals surface area contributed by atoms with E-state index in [1.807, 2.05) is 25.3 Å². The van der Waals surface area contributed by atoms with Crippen LogP contribution >= 0.6 is 11.6 Å². The second kappa shape index (κ2) is 3.81. The van der Waals surface area contributed by atoms with E-state index in [1.54, 1.807) is 0 Å². The molecule has 1 nitrogen and oxygen atoms in total. The molecule has 1 heterocycles. The molecule has 0 saturated heterocycles. The minimum atomic E-state index is 0.516. The predicted molar refractivity (Wildman–Crippen MR) is 54.4 cm³/mol. The highest BCUT2D eigenvalue weighted by atomic mass is 35.5. The molecule has 0 amide bonds. The molecule has 0 atom stereocenters. The van der Waals surface area contributed by atoms with Gasteiger partial charge in [-0.15, -0.1) is 0 Å². The molecule has 0 bridgehead atoms. The van der Waals surface area contributed by atoms with Gasteiger partial charge in [-0.2, -0.15) is 0 Å². The van der Waals surface area contributed by atoms with E-state index < -0.39 is 0 Å². The van der Waals surface area contributed by atoms with Crippen molar-refractivity contribution in [2.45, 2.75) is 26.7 Å². The number of H-pyrrole nitrogens is 1. The fourth-order valence-corrected chi connectivity index (χ4v) is 1.35. The maximum atomic E-state index is 5.79. The SMILES string of the molecule is C/C(Cl)=C\c1cc[nH]c1C(C)C. The first-order valence-corrected chi connectivity index (χ1v) is 4.50. The number of nitrogens with one attached hydrogen (secondary N) is 1. The molecule has 0 saturated carbocycles. The topological polar surface area (TPSA) is 15.8 Å². The Labute approximate surface area is 78.4 Å². The van der Waals surface area contributed by atoms with Crippen LogP contribution in [0.1, 0.15) is 37.9 Å². The average molecular weight is 184 g/mol. The number of aromatic amines is 1. The van der Waals surface area contributed by atoms with Crippen LogP contribution in [0.3, 0.4) is 0 Å². The molecule has 1 rings (SSSR count). The van der Waals surface area contributed by atoms with Crippen molar-refractivity contribution in [2.24, 2.45) is 0 Å². The van der Waals surface area contributed by atoms with Crippen LogP contribution in [0.2, 0.25) is 0 Å². The Balaban J connectivity index is 3.00. The molecule has 12 heavy (non-hydrogen) atoms. The van der Waals surface area contributed by atoms with E-state index in [0.29, 0.717) is 5.92 Å². The molecular weight excluding hydrogens is 170 g/mol. The van der Waals surface area contributed by atoms with E-state index in [9.17, 15) is 0 Å². The van der Waals surface area contributed by atoms with Crippen LogP contribution in [0.25, 0.3) is 6.08 Å². The summed E-state index contributed by atoms with van der Waals surface area (Å²) in [7, 11) is 0. The number of allylic oxidation sites excluding steroid dienone is 1. The summed E-state index contributed by atoms with van der Waals surface area (Å²) in [4.78, 5) is 3.21. The van der Waals surface area contributed by atoms with Crippen molar-refractivity contribution in [3.05, 3.63) is 28.6 Å². The van der Waals surface area contributed by atoms with Crippen LogP contribution in [0.15, 0.2) is 17.3 Å². The van der Waals surface area contributed by atoms with Gasteiger partial charge in [-0.05, 0) is 30.5 Å². The first kappa shape index (κ1) is 9.40. The van der Waals surface area contributed by atoms with E-state index in [1.165, 1.54) is 11.3 Å². The molecule has 0 aromatic carbocycles. The Hall–Kier alpha value is -0.690. The number of halogens is 1. The van der Waals surface area contributed by atoms with Gasteiger partial charge in [0.1, 0.15) is 0 Å². The van der Waals surface area contributed by atoms with Gasteiger partial charge in [-0.1, -0.05) is 25.4 Å². The summed E-state index contributed by atoms with van der Waals surface area (Å²) in [6.45, 7) is 6.21. The molecule has 2 heteroatoms. The van der Waals surface area contributed by atoms with E-state index >= 15 is 0 Å². The van der Waals surface area contributed by atoms with Crippen molar-refractivity contribution in [1.82, 2.24) is 4.98 Å². The van der Waals surface area contributed by atoms with Crippen LogP contribution in [0, 0.1) is 0 Å². The Bertz CT molecular complexity index is 280. The quantitative estimate of drug-likeness (QED) is 0.719. The molecule has 0 radical (unpaired) electrons. The van der Waals surface area contributed by atoms with Gasteiger partial charge >= 0.3 is 0 Å². The van der Waals surface area contributed by atoms with Gasteiger partial charge in [-0.3, -0.25) is 0 Å². The van der Waals surface area contributed by atoms with Crippen LogP contribution < -0.4 is 0 Å². The molecular formula is C10H14ClN. The Kier molecular flexibility index (Phi) is 2.99. The lowest BCUT2D eigenvalue weighted by Crippen LogP contribution is -1.89. The summed E-state index contributed by atoms with van der Waals surface area (Å²) < 4.78 is 0. The van der Waals surface area contributed by atoms with Crippen LogP contribution in [0.5, 0.6) is 0 Å². The van der Waals surface area contributed by atoms with E-state index in [2.05, 4.69) is 18.8 Å². The average Bonchev–Trinajstić information content (AvgIpc) is 2.33. The molecule has 66 valence electrons. The zero-order chi connectivity index (χ0) is 9.14. The largest absolute Gasteiger partial charge is 0.364 e. The number of aromatic nitrogens is 1. The second-order valence-electron chi connectivity index (χ2n) is 3.23. The lowest BCUT2D eigenvalue weighted by molar-refractivity contribution is 0.830. The smallest absolute Gasteiger partial charge is 0.0247 e. The van der Waals surface area contributed by atoms with Gasteiger partial charge < -0.3 is 4.98 Å². The highest BCUT2D eigenvalue weighted by molar-refractivity contribution is 6.31. The zero-order valence-electron chi connectivity index (χ0n) is 7.69. The van der Waals surface area contributed by atoms with Gasteiger partial charge in [-0.25, -0.2) is 0 Å². The van der Waals surface area contributed by atoms with Crippen molar-refractivity contribution in [1.29, 1.82) is 0 Å². The number of hydrogen-bond acceptors (Lipinski definition) is 0. The lowest BCUT2D eigenvalue weighted by atomic mass is 10.1. The van der Waals surface area contributed by atoms with E-state index in [0.717, 1.165) is 5.03 Å². The molecule has 0 spiro atoms. The molecule has 0 unspecified atom stereocenters. The van der Waals surface area contributed by atoms with Crippen molar-refractivity contribution in [3.8, 4) is 0 Å². The monoisotopic (exact) mass is 183 g/mol. The summed E-state index contributed by atoms with van der Waals surface area (Å²) in [5, 5.41) is 0.816. The Morgan fingerprint density at radius 1 is 1.58 bits per heavy atom. The van der Waals surface area contributed by atoms with Gasteiger partial charge in [0.05, 0.1) is 0 Å². The van der Waals surface area contributed by atoms with Crippen molar-refractivity contribution >= 4 is 17.7 Å². The summed E-state index contributed by atoms with van der Waals surface area (Å²) in [5.74, 6) is 0.516. The normalized spacial score (nSPS) is 12.6. The van der Waals surface area contributed by atoms with Gasteiger partial charge in [0, 0.05) is 16.9 Å². The predicted octanol–water partition coefficient (Wildman–Crippen LogP) is 3.74. The van der Waals surface area contributed by atoms with Crippen molar-refractivity contribution in [2.75, 3.05) is 0 Å². The first-order valence-electron chi connectivity index (χ1n) is 4.12. The van der Waals surface area contributed by atoms with Crippen molar-refractivity contribution in [3.63, 3.8) is 0 Å². The Morgan fingerprint density at radius 3 is 2.75 bits per heavy atom. The summed E-state index contributed by atoms with van der Waals surface area (Å²) >= 11 is 5.79. The first-order chi connectivity index (χ1) is 5.61. The molecule has 0 aliphatic heterocycles. The molecule has 0 fully saturated rings. The minimum absolute atomic E-state index is 0.516. The minimum Gasteiger partial charge on any atom is -0.364 e. The van der Waals surface area contributed by atoms with Crippen LogP contribution in [-0.4, -0.2) is 4.98 Å².